The summed E-state index contributed by atoms with van der Waals surface area (Å²) in [7, 11) is 0. The standard InChI is InChI=1S/C20H23N3O2/c1-3-19-22-16-12-15(21)9-10-17(16)23(19)18(11-13(2)20(24)25)14-7-5-4-6-8-14/h4-10,12-13,18H,3,11,21H2,1-2H3,(H,24,25). The van der Waals surface area contributed by atoms with Gasteiger partial charge in [-0.15, -0.1) is 0 Å². The van der Waals surface area contributed by atoms with E-state index in [0.29, 0.717) is 12.1 Å². The number of carboxylic acid groups (broad SMARTS) is 1. The predicted octanol–water partition coefficient (Wildman–Crippen LogP) is 3.88. The van der Waals surface area contributed by atoms with Crippen LogP contribution in [0.2, 0.25) is 0 Å². The van der Waals surface area contributed by atoms with Crippen LogP contribution in [0.15, 0.2) is 48.5 Å². The molecule has 0 aliphatic carbocycles. The van der Waals surface area contributed by atoms with Crippen LogP contribution >= 0.6 is 0 Å². The summed E-state index contributed by atoms with van der Waals surface area (Å²) < 4.78 is 2.17. The topological polar surface area (TPSA) is 81.1 Å². The van der Waals surface area contributed by atoms with E-state index < -0.39 is 11.9 Å². The number of hydrogen-bond donors (Lipinski definition) is 2. The van der Waals surface area contributed by atoms with E-state index in [0.717, 1.165) is 28.8 Å². The second-order valence-corrected chi connectivity index (χ2v) is 6.40. The molecule has 5 heteroatoms. The SMILES string of the molecule is CCc1nc2cc(N)ccc2n1C(CC(C)C(=O)O)c1ccccc1. The quantitative estimate of drug-likeness (QED) is 0.669. The van der Waals surface area contributed by atoms with Gasteiger partial charge in [-0.3, -0.25) is 4.79 Å². The lowest BCUT2D eigenvalue weighted by Crippen LogP contribution is -2.20. The van der Waals surface area contributed by atoms with Crippen molar-refractivity contribution in [3.63, 3.8) is 0 Å². The molecule has 0 radical (unpaired) electrons. The Morgan fingerprint density at radius 3 is 2.60 bits per heavy atom. The Bertz CT molecular complexity index is 887. The molecule has 0 saturated heterocycles. The lowest BCUT2D eigenvalue weighted by molar-refractivity contribution is -0.141. The predicted molar refractivity (Wildman–Crippen MR) is 99.5 cm³/mol. The molecule has 2 unspecified atom stereocenters. The smallest absolute Gasteiger partial charge is 0.306 e. The zero-order chi connectivity index (χ0) is 18.0. The molecule has 3 rings (SSSR count). The lowest BCUT2D eigenvalue weighted by Gasteiger charge is -2.24. The van der Waals surface area contributed by atoms with E-state index in [1.54, 1.807) is 6.92 Å². The second-order valence-electron chi connectivity index (χ2n) is 6.40. The van der Waals surface area contributed by atoms with Gasteiger partial charge in [0.1, 0.15) is 5.82 Å². The minimum Gasteiger partial charge on any atom is -0.481 e. The summed E-state index contributed by atoms with van der Waals surface area (Å²) in [6.45, 7) is 3.81. The molecule has 2 atom stereocenters. The first-order chi connectivity index (χ1) is 12.0. The van der Waals surface area contributed by atoms with Crippen LogP contribution in [0.5, 0.6) is 0 Å². The number of anilines is 1. The number of rotatable bonds is 6. The van der Waals surface area contributed by atoms with Crippen LogP contribution in [0.25, 0.3) is 11.0 Å². The van der Waals surface area contributed by atoms with E-state index in [2.05, 4.69) is 11.5 Å². The summed E-state index contributed by atoms with van der Waals surface area (Å²) >= 11 is 0. The Morgan fingerprint density at radius 2 is 1.96 bits per heavy atom. The lowest BCUT2D eigenvalue weighted by atomic mass is 9.95. The molecule has 25 heavy (non-hydrogen) atoms. The molecule has 2 aromatic carbocycles. The van der Waals surface area contributed by atoms with Gasteiger partial charge in [0.2, 0.25) is 0 Å². The first kappa shape index (κ1) is 17.0. The molecule has 0 saturated carbocycles. The van der Waals surface area contributed by atoms with Crippen molar-refractivity contribution in [2.24, 2.45) is 5.92 Å². The van der Waals surface area contributed by atoms with Gasteiger partial charge in [-0.1, -0.05) is 44.2 Å². The Labute approximate surface area is 147 Å². The number of hydrogen-bond acceptors (Lipinski definition) is 3. The van der Waals surface area contributed by atoms with Crippen molar-refractivity contribution in [3.8, 4) is 0 Å². The minimum absolute atomic E-state index is 0.0872. The second kappa shape index (κ2) is 6.97. The van der Waals surface area contributed by atoms with E-state index >= 15 is 0 Å². The fraction of sp³-hybridized carbons (Fsp3) is 0.300. The van der Waals surface area contributed by atoms with Crippen molar-refractivity contribution in [2.45, 2.75) is 32.7 Å². The summed E-state index contributed by atoms with van der Waals surface area (Å²) in [6, 6.07) is 15.6. The van der Waals surface area contributed by atoms with Crippen LogP contribution in [0.4, 0.5) is 5.69 Å². The van der Waals surface area contributed by atoms with E-state index in [1.165, 1.54) is 0 Å². The third-order valence-corrected chi connectivity index (χ3v) is 4.60. The van der Waals surface area contributed by atoms with Gasteiger partial charge < -0.3 is 15.4 Å². The number of aliphatic carboxylic acids is 1. The summed E-state index contributed by atoms with van der Waals surface area (Å²) in [4.78, 5) is 16.2. The van der Waals surface area contributed by atoms with Crippen molar-refractivity contribution in [1.29, 1.82) is 0 Å². The van der Waals surface area contributed by atoms with Crippen LogP contribution < -0.4 is 5.73 Å². The number of aromatic nitrogens is 2. The maximum atomic E-state index is 11.5. The third kappa shape index (κ3) is 3.36. The highest BCUT2D eigenvalue weighted by molar-refractivity contribution is 5.80. The number of nitrogen functional groups attached to an aromatic ring is 1. The highest BCUT2D eigenvalue weighted by atomic mass is 16.4. The Balaban J connectivity index is 2.18. The van der Waals surface area contributed by atoms with Gasteiger partial charge in [-0.05, 0) is 30.2 Å². The van der Waals surface area contributed by atoms with E-state index in [-0.39, 0.29) is 6.04 Å². The maximum absolute atomic E-state index is 11.5. The molecule has 1 aromatic heterocycles. The number of nitrogens with zero attached hydrogens (tertiary/aromatic N) is 2. The van der Waals surface area contributed by atoms with E-state index in [1.807, 2.05) is 48.5 Å². The van der Waals surface area contributed by atoms with Gasteiger partial charge in [0.25, 0.3) is 0 Å². The number of carboxylic acids is 1. The molecule has 0 amide bonds. The molecule has 0 fully saturated rings. The van der Waals surface area contributed by atoms with Crippen LogP contribution in [-0.2, 0) is 11.2 Å². The van der Waals surface area contributed by atoms with E-state index in [9.17, 15) is 9.90 Å². The molecule has 0 bridgehead atoms. The number of aryl methyl sites for hydroxylation is 1. The summed E-state index contributed by atoms with van der Waals surface area (Å²) in [6.07, 6.45) is 1.27. The first-order valence-electron chi connectivity index (χ1n) is 8.55. The number of fused-ring (bicyclic) bond motifs is 1. The van der Waals surface area contributed by atoms with Gasteiger partial charge >= 0.3 is 5.97 Å². The molecular formula is C20H23N3O2. The molecule has 3 N–H and O–H groups in total. The Hall–Kier alpha value is -2.82. The summed E-state index contributed by atoms with van der Waals surface area (Å²) in [5.74, 6) is -0.305. The largest absolute Gasteiger partial charge is 0.481 e. The van der Waals surface area contributed by atoms with Crippen molar-refractivity contribution in [1.82, 2.24) is 9.55 Å². The Kier molecular flexibility index (Phi) is 4.74. The van der Waals surface area contributed by atoms with Gasteiger partial charge in [0.15, 0.2) is 0 Å². The molecular weight excluding hydrogens is 314 g/mol. The summed E-state index contributed by atoms with van der Waals surface area (Å²) in [5.41, 5.74) is 9.50. The first-order valence-corrected chi connectivity index (χ1v) is 8.55. The molecule has 0 aliphatic heterocycles. The average molecular weight is 337 g/mol. The number of carbonyl (C=O) groups is 1. The molecule has 5 nitrogen and oxygen atoms in total. The fourth-order valence-corrected chi connectivity index (χ4v) is 3.26. The maximum Gasteiger partial charge on any atom is 0.306 e. The van der Waals surface area contributed by atoms with Crippen molar-refractivity contribution in [2.75, 3.05) is 5.73 Å². The monoisotopic (exact) mass is 337 g/mol. The zero-order valence-electron chi connectivity index (χ0n) is 14.5. The highest BCUT2D eigenvalue weighted by Crippen LogP contribution is 2.32. The van der Waals surface area contributed by atoms with Crippen molar-refractivity contribution in [3.05, 3.63) is 59.9 Å². The van der Waals surface area contributed by atoms with Crippen molar-refractivity contribution < 1.29 is 9.90 Å². The molecule has 1 heterocycles. The van der Waals surface area contributed by atoms with Gasteiger partial charge in [-0.25, -0.2) is 4.98 Å². The molecule has 3 aromatic rings. The third-order valence-electron chi connectivity index (χ3n) is 4.60. The number of benzene rings is 2. The summed E-state index contributed by atoms with van der Waals surface area (Å²) in [5, 5.41) is 9.41. The highest BCUT2D eigenvalue weighted by Gasteiger charge is 2.25. The molecule has 0 aliphatic rings. The Morgan fingerprint density at radius 1 is 1.24 bits per heavy atom. The normalized spacial score (nSPS) is 13.7. The van der Waals surface area contributed by atoms with Gasteiger partial charge in [0, 0.05) is 12.1 Å². The minimum atomic E-state index is -0.785. The van der Waals surface area contributed by atoms with Crippen LogP contribution in [0.3, 0.4) is 0 Å². The van der Waals surface area contributed by atoms with Crippen molar-refractivity contribution >= 4 is 22.7 Å². The average Bonchev–Trinajstić information content (AvgIpc) is 2.97. The van der Waals surface area contributed by atoms with Gasteiger partial charge in [0.05, 0.1) is 23.0 Å². The zero-order valence-corrected chi connectivity index (χ0v) is 14.5. The number of nitrogens with two attached hydrogens (primary N) is 1. The van der Waals surface area contributed by atoms with E-state index in [4.69, 9.17) is 10.7 Å². The molecule has 130 valence electrons. The number of imidazole rings is 1. The van der Waals surface area contributed by atoms with Gasteiger partial charge in [-0.2, -0.15) is 0 Å². The molecule has 0 spiro atoms. The van der Waals surface area contributed by atoms with Crippen LogP contribution in [-0.4, -0.2) is 20.6 Å². The van der Waals surface area contributed by atoms with Crippen LogP contribution in [0, 0.1) is 5.92 Å². The van der Waals surface area contributed by atoms with Crippen LogP contribution in [0.1, 0.15) is 37.7 Å². The fourth-order valence-electron chi connectivity index (χ4n) is 3.26.